The summed E-state index contributed by atoms with van der Waals surface area (Å²) in [5, 5.41) is 1.21. The van der Waals surface area contributed by atoms with Gasteiger partial charge in [-0.25, -0.2) is 4.98 Å². The second kappa shape index (κ2) is 4.80. The van der Waals surface area contributed by atoms with Crippen LogP contribution < -0.4 is 5.73 Å². The Morgan fingerprint density at radius 3 is 2.85 bits per heavy atom. The van der Waals surface area contributed by atoms with E-state index in [9.17, 15) is 0 Å². The van der Waals surface area contributed by atoms with Crippen molar-refractivity contribution in [1.82, 2.24) is 15.0 Å². The van der Waals surface area contributed by atoms with E-state index in [-0.39, 0.29) is 5.54 Å². The number of aryl methyl sites for hydroxylation is 1. The van der Waals surface area contributed by atoms with Gasteiger partial charge in [-0.05, 0) is 26.3 Å². The minimum absolute atomic E-state index is 0.159. The number of hydrogen-bond acceptors (Lipinski definition) is 2. The first-order valence-electron chi connectivity index (χ1n) is 6.92. The first-order valence-corrected chi connectivity index (χ1v) is 6.92. The van der Waals surface area contributed by atoms with Crippen LogP contribution in [0.15, 0.2) is 36.7 Å². The summed E-state index contributed by atoms with van der Waals surface area (Å²) in [6.45, 7) is 4.08. The maximum Gasteiger partial charge on any atom is 0.106 e. The van der Waals surface area contributed by atoms with Crippen molar-refractivity contribution in [2.24, 2.45) is 5.73 Å². The SMILES string of the molecule is CC(C)(N)CCc1ncc(-c2c[nH]c3ccccc23)[nH]1. The molecule has 0 spiro atoms. The van der Waals surface area contributed by atoms with Crippen molar-refractivity contribution in [3.8, 4) is 11.3 Å². The molecule has 0 unspecified atom stereocenters. The summed E-state index contributed by atoms with van der Waals surface area (Å²) >= 11 is 0. The van der Waals surface area contributed by atoms with Crippen LogP contribution in [0.1, 0.15) is 26.1 Å². The molecule has 1 aromatic carbocycles. The van der Waals surface area contributed by atoms with Crippen molar-refractivity contribution in [2.75, 3.05) is 0 Å². The van der Waals surface area contributed by atoms with Crippen LogP contribution in [0.2, 0.25) is 0 Å². The van der Waals surface area contributed by atoms with E-state index in [4.69, 9.17) is 5.73 Å². The molecule has 3 rings (SSSR count). The third-order valence-electron chi connectivity index (χ3n) is 3.51. The Balaban J connectivity index is 1.86. The standard InChI is InChI=1S/C16H20N4/c1-16(2,17)8-7-15-19-10-14(20-15)12-9-18-13-6-4-3-5-11(12)13/h3-6,9-10,18H,7-8,17H2,1-2H3,(H,19,20). The van der Waals surface area contributed by atoms with Gasteiger partial charge in [0.2, 0.25) is 0 Å². The van der Waals surface area contributed by atoms with E-state index in [1.54, 1.807) is 0 Å². The number of nitrogens with two attached hydrogens (primary N) is 1. The lowest BCUT2D eigenvalue weighted by Crippen LogP contribution is -2.32. The molecule has 0 amide bonds. The fourth-order valence-corrected chi connectivity index (χ4v) is 2.36. The van der Waals surface area contributed by atoms with Gasteiger partial charge in [-0.3, -0.25) is 0 Å². The molecule has 104 valence electrons. The largest absolute Gasteiger partial charge is 0.360 e. The highest BCUT2D eigenvalue weighted by Gasteiger charge is 2.13. The van der Waals surface area contributed by atoms with Gasteiger partial charge in [0, 0.05) is 34.6 Å². The molecule has 3 aromatic rings. The van der Waals surface area contributed by atoms with Gasteiger partial charge in [0.25, 0.3) is 0 Å². The highest BCUT2D eigenvalue weighted by atomic mass is 14.9. The first-order chi connectivity index (χ1) is 9.53. The number of imidazole rings is 1. The first kappa shape index (κ1) is 12.9. The maximum absolute atomic E-state index is 6.01. The number of aromatic nitrogens is 3. The number of nitrogens with one attached hydrogen (secondary N) is 2. The van der Waals surface area contributed by atoms with Crippen molar-refractivity contribution in [1.29, 1.82) is 0 Å². The fourth-order valence-electron chi connectivity index (χ4n) is 2.36. The van der Waals surface area contributed by atoms with Gasteiger partial charge < -0.3 is 15.7 Å². The lowest BCUT2D eigenvalue weighted by molar-refractivity contribution is 0.472. The molecule has 4 nitrogen and oxygen atoms in total. The Kier molecular flexibility index (Phi) is 3.10. The van der Waals surface area contributed by atoms with Crippen LogP contribution in [0.5, 0.6) is 0 Å². The molecule has 0 bridgehead atoms. The Morgan fingerprint density at radius 1 is 1.25 bits per heavy atom. The molecule has 0 radical (unpaired) electrons. The summed E-state index contributed by atoms with van der Waals surface area (Å²) in [6.07, 6.45) is 5.70. The zero-order valence-corrected chi connectivity index (χ0v) is 11.9. The van der Waals surface area contributed by atoms with Gasteiger partial charge in [-0.15, -0.1) is 0 Å². The van der Waals surface area contributed by atoms with Crippen molar-refractivity contribution in [2.45, 2.75) is 32.2 Å². The molecule has 0 aliphatic rings. The normalized spacial score (nSPS) is 12.2. The maximum atomic E-state index is 6.01. The van der Waals surface area contributed by atoms with E-state index in [0.717, 1.165) is 35.4 Å². The number of fused-ring (bicyclic) bond motifs is 1. The second-order valence-electron chi connectivity index (χ2n) is 5.98. The quantitative estimate of drug-likeness (QED) is 0.680. The van der Waals surface area contributed by atoms with Crippen LogP contribution in [0, 0.1) is 0 Å². The molecule has 0 atom stereocenters. The fraction of sp³-hybridized carbons (Fsp3) is 0.312. The smallest absolute Gasteiger partial charge is 0.106 e. The summed E-state index contributed by atoms with van der Waals surface area (Å²) in [5.74, 6) is 0.990. The Labute approximate surface area is 118 Å². The van der Waals surface area contributed by atoms with E-state index in [0.29, 0.717) is 0 Å². The summed E-state index contributed by atoms with van der Waals surface area (Å²) in [5.41, 5.74) is 9.20. The Bertz CT molecular complexity index is 715. The number of benzene rings is 1. The molecule has 0 aliphatic heterocycles. The van der Waals surface area contributed by atoms with Gasteiger partial charge in [-0.2, -0.15) is 0 Å². The van der Waals surface area contributed by atoms with E-state index >= 15 is 0 Å². The van der Waals surface area contributed by atoms with Crippen molar-refractivity contribution in [3.63, 3.8) is 0 Å². The average molecular weight is 268 g/mol. The predicted molar refractivity (Wildman–Crippen MR) is 82.5 cm³/mol. The number of aromatic amines is 2. The van der Waals surface area contributed by atoms with Crippen LogP contribution in [0.25, 0.3) is 22.2 Å². The minimum Gasteiger partial charge on any atom is -0.360 e. The molecule has 2 aromatic heterocycles. The van der Waals surface area contributed by atoms with Gasteiger partial charge in [0.05, 0.1) is 11.9 Å². The average Bonchev–Trinajstić information content (AvgIpc) is 3.01. The van der Waals surface area contributed by atoms with Crippen LogP contribution in [0.3, 0.4) is 0 Å². The second-order valence-corrected chi connectivity index (χ2v) is 5.98. The number of nitrogens with zero attached hydrogens (tertiary/aromatic N) is 1. The number of rotatable bonds is 4. The van der Waals surface area contributed by atoms with Crippen LogP contribution in [-0.4, -0.2) is 20.5 Å². The van der Waals surface area contributed by atoms with Crippen molar-refractivity contribution in [3.05, 3.63) is 42.5 Å². The number of H-pyrrole nitrogens is 2. The lowest BCUT2D eigenvalue weighted by Gasteiger charge is -2.16. The van der Waals surface area contributed by atoms with E-state index in [2.05, 4.69) is 27.1 Å². The molecular formula is C16H20N4. The molecule has 4 heteroatoms. The summed E-state index contributed by atoms with van der Waals surface area (Å²) in [6, 6.07) is 8.27. The molecule has 0 saturated carbocycles. The number of para-hydroxylation sites is 1. The molecule has 4 N–H and O–H groups in total. The van der Waals surface area contributed by atoms with Gasteiger partial charge in [0.15, 0.2) is 0 Å². The molecule has 20 heavy (non-hydrogen) atoms. The summed E-state index contributed by atoms with van der Waals surface area (Å²) in [7, 11) is 0. The molecule has 0 saturated heterocycles. The van der Waals surface area contributed by atoms with Crippen LogP contribution >= 0.6 is 0 Å². The van der Waals surface area contributed by atoms with Gasteiger partial charge in [0.1, 0.15) is 5.82 Å². The molecule has 2 heterocycles. The third-order valence-corrected chi connectivity index (χ3v) is 3.51. The van der Waals surface area contributed by atoms with Gasteiger partial charge in [-0.1, -0.05) is 18.2 Å². The van der Waals surface area contributed by atoms with E-state index < -0.39 is 0 Å². The number of hydrogen-bond donors (Lipinski definition) is 3. The lowest BCUT2D eigenvalue weighted by atomic mass is 10.0. The topological polar surface area (TPSA) is 70.5 Å². The zero-order valence-electron chi connectivity index (χ0n) is 11.9. The predicted octanol–water partition coefficient (Wildman–Crippen LogP) is 3.23. The molecular weight excluding hydrogens is 248 g/mol. The molecule has 0 fully saturated rings. The third kappa shape index (κ3) is 2.60. The highest BCUT2D eigenvalue weighted by molar-refractivity contribution is 5.94. The van der Waals surface area contributed by atoms with Crippen molar-refractivity contribution < 1.29 is 0 Å². The Hall–Kier alpha value is -2.07. The zero-order chi connectivity index (χ0) is 14.2. The molecule has 0 aliphatic carbocycles. The summed E-state index contributed by atoms with van der Waals surface area (Å²) in [4.78, 5) is 11.1. The van der Waals surface area contributed by atoms with Gasteiger partial charge >= 0.3 is 0 Å². The monoisotopic (exact) mass is 268 g/mol. The minimum atomic E-state index is -0.159. The summed E-state index contributed by atoms with van der Waals surface area (Å²) < 4.78 is 0. The van der Waals surface area contributed by atoms with E-state index in [1.807, 2.05) is 38.4 Å². The highest BCUT2D eigenvalue weighted by Crippen LogP contribution is 2.27. The van der Waals surface area contributed by atoms with Crippen LogP contribution in [-0.2, 0) is 6.42 Å². The Morgan fingerprint density at radius 2 is 2.05 bits per heavy atom. The van der Waals surface area contributed by atoms with Crippen LogP contribution in [0.4, 0.5) is 0 Å². The van der Waals surface area contributed by atoms with E-state index in [1.165, 1.54) is 5.39 Å². The van der Waals surface area contributed by atoms with Crippen molar-refractivity contribution >= 4 is 10.9 Å².